The van der Waals surface area contributed by atoms with Crippen molar-refractivity contribution in [3.05, 3.63) is 81.3 Å². The minimum absolute atomic E-state index is 0.175. The van der Waals surface area contributed by atoms with E-state index in [9.17, 15) is 22.4 Å². The van der Waals surface area contributed by atoms with Crippen LogP contribution < -0.4 is 5.56 Å². The molecule has 0 saturated heterocycles. The zero-order valence-corrected chi connectivity index (χ0v) is 15.1. The number of nitrogens with one attached hydrogen (secondary N) is 1. The molecule has 4 rings (SSSR count). The Morgan fingerprint density at radius 2 is 1.90 bits per heavy atom. The summed E-state index contributed by atoms with van der Waals surface area (Å²) in [5.74, 6) is -0.840. The molecule has 0 unspecified atom stereocenters. The summed E-state index contributed by atoms with van der Waals surface area (Å²) in [5.41, 5.74) is 0.683. The number of benzene rings is 1. The number of halogens is 4. The minimum Gasteiger partial charge on any atom is -0.306 e. The van der Waals surface area contributed by atoms with Gasteiger partial charge in [-0.3, -0.25) is 14.7 Å². The number of hydrogen-bond donors (Lipinski definition) is 1. The zero-order valence-electron chi connectivity index (χ0n) is 15.1. The molecule has 0 spiro atoms. The molecule has 1 aromatic carbocycles. The van der Waals surface area contributed by atoms with Crippen molar-refractivity contribution in [3.8, 4) is 11.4 Å². The first-order valence-electron chi connectivity index (χ1n) is 8.92. The maximum absolute atomic E-state index is 13.5. The fourth-order valence-corrected chi connectivity index (χ4v) is 3.41. The molecular formula is C20H16F4N4O. The van der Waals surface area contributed by atoms with Gasteiger partial charge in [0.25, 0.3) is 5.56 Å². The molecular weight excluding hydrogens is 388 g/mol. The van der Waals surface area contributed by atoms with E-state index in [1.165, 1.54) is 6.07 Å². The van der Waals surface area contributed by atoms with E-state index >= 15 is 0 Å². The molecule has 29 heavy (non-hydrogen) atoms. The van der Waals surface area contributed by atoms with Gasteiger partial charge in [-0.2, -0.15) is 13.2 Å². The fourth-order valence-electron chi connectivity index (χ4n) is 3.41. The predicted molar refractivity (Wildman–Crippen MR) is 97.3 cm³/mol. The largest absolute Gasteiger partial charge is 0.419 e. The molecule has 0 atom stereocenters. The highest BCUT2D eigenvalue weighted by Crippen LogP contribution is 2.32. The lowest BCUT2D eigenvalue weighted by Crippen LogP contribution is -2.35. The van der Waals surface area contributed by atoms with E-state index in [0.717, 1.165) is 17.7 Å². The molecule has 1 aliphatic heterocycles. The molecule has 3 heterocycles. The van der Waals surface area contributed by atoms with Gasteiger partial charge in [0.15, 0.2) is 0 Å². The number of fused-ring (bicyclic) bond motifs is 1. The topological polar surface area (TPSA) is 61.9 Å². The monoisotopic (exact) mass is 404 g/mol. The van der Waals surface area contributed by atoms with Crippen LogP contribution in [0, 0.1) is 5.82 Å². The molecule has 3 aromatic rings. The van der Waals surface area contributed by atoms with E-state index in [0.29, 0.717) is 35.6 Å². The summed E-state index contributed by atoms with van der Waals surface area (Å²) < 4.78 is 52.3. The van der Waals surface area contributed by atoms with Gasteiger partial charge in [0.2, 0.25) is 0 Å². The maximum Gasteiger partial charge on any atom is 0.419 e. The van der Waals surface area contributed by atoms with Crippen molar-refractivity contribution in [3.63, 3.8) is 0 Å². The Labute approximate surface area is 163 Å². The van der Waals surface area contributed by atoms with Crippen LogP contribution in [0.1, 0.15) is 22.4 Å². The van der Waals surface area contributed by atoms with Crippen molar-refractivity contribution >= 4 is 0 Å². The number of H-pyrrole nitrogens is 1. The van der Waals surface area contributed by atoms with Crippen LogP contribution >= 0.6 is 0 Å². The van der Waals surface area contributed by atoms with Crippen LogP contribution in [-0.4, -0.2) is 26.4 Å². The first kappa shape index (κ1) is 19.3. The average molecular weight is 404 g/mol. The SMILES string of the molecule is O=c1[nH]c(-c2ccncc2)nc2c1CN(Cc1ccc(F)c(C(F)(F)F)c1)CC2. The van der Waals surface area contributed by atoms with Crippen LogP contribution in [0.5, 0.6) is 0 Å². The molecule has 5 nitrogen and oxygen atoms in total. The van der Waals surface area contributed by atoms with Gasteiger partial charge in [0, 0.05) is 44.0 Å². The summed E-state index contributed by atoms with van der Waals surface area (Å²) in [6, 6.07) is 6.46. The molecule has 0 aliphatic carbocycles. The molecule has 150 valence electrons. The smallest absolute Gasteiger partial charge is 0.306 e. The Bertz CT molecular complexity index is 1100. The van der Waals surface area contributed by atoms with Crippen LogP contribution in [0.2, 0.25) is 0 Å². The average Bonchev–Trinajstić information content (AvgIpc) is 2.69. The van der Waals surface area contributed by atoms with Crippen LogP contribution in [0.3, 0.4) is 0 Å². The molecule has 9 heteroatoms. The molecule has 0 radical (unpaired) electrons. The van der Waals surface area contributed by atoms with Crippen molar-refractivity contribution in [1.29, 1.82) is 0 Å². The van der Waals surface area contributed by atoms with Crippen molar-refractivity contribution < 1.29 is 17.6 Å². The van der Waals surface area contributed by atoms with Crippen LogP contribution in [-0.2, 0) is 25.7 Å². The predicted octanol–water partition coefficient (Wildman–Crippen LogP) is 3.55. The Balaban J connectivity index is 1.56. The number of alkyl halides is 3. The second kappa shape index (κ2) is 7.40. The van der Waals surface area contributed by atoms with Crippen molar-refractivity contribution in [2.24, 2.45) is 0 Å². The van der Waals surface area contributed by atoms with Crippen molar-refractivity contribution in [2.75, 3.05) is 6.54 Å². The summed E-state index contributed by atoms with van der Waals surface area (Å²) in [7, 11) is 0. The van der Waals surface area contributed by atoms with Crippen LogP contribution in [0.25, 0.3) is 11.4 Å². The normalized spacial score (nSPS) is 14.6. The van der Waals surface area contributed by atoms with Gasteiger partial charge in [-0.15, -0.1) is 0 Å². The number of nitrogens with zero attached hydrogens (tertiary/aromatic N) is 3. The Hall–Kier alpha value is -3.07. The minimum atomic E-state index is -4.75. The molecule has 1 N–H and O–H groups in total. The van der Waals surface area contributed by atoms with Gasteiger partial charge in [-0.1, -0.05) is 6.07 Å². The van der Waals surface area contributed by atoms with E-state index in [2.05, 4.69) is 15.0 Å². The highest BCUT2D eigenvalue weighted by molar-refractivity contribution is 5.54. The first-order valence-corrected chi connectivity index (χ1v) is 8.92. The molecule has 1 aliphatic rings. The summed E-state index contributed by atoms with van der Waals surface area (Å²) >= 11 is 0. The zero-order chi connectivity index (χ0) is 20.6. The number of rotatable bonds is 3. The summed E-state index contributed by atoms with van der Waals surface area (Å²) in [6.45, 7) is 0.958. The second-order valence-corrected chi connectivity index (χ2v) is 6.85. The van der Waals surface area contributed by atoms with Gasteiger partial charge in [-0.25, -0.2) is 9.37 Å². The molecule has 0 bridgehead atoms. The van der Waals surface area contributed by atoms with Crippen LogP contribution in [0.15, 0.2) is 47.5 Å². The lowest BCUT2D eigenvalue weighted by Gasteiger charge is -2.28. The third kappa shape index (κ3) is 4.04. The standard InChI is InChI=1S/C20H16F4N4O/c21-16-2-1-12(9-15(16)20(22,23)24)10-28-8-5-17-14(11-28)19(29)27-18(26-17)13-3-6-25-7-4-13/h1-4,6-7,9H,5,8,10-11H2,(H,26,27,29). The van der Waals surface area contributed by atoms with E-state index in [4.69, 9.17) is 0 Å². The third-order valence-electron chi connectivity index (χ3n) is 4.84. The van der Waals surface area contributed by atoms with Gasteiger partial charge in [-0.05, 0) is 29.8 Å². The maximum atomic E-state index is 13.5. The molecule has 0 fully saturated rings. The lowest BCUT2D eigenvalue weighted by atomic mass is 10.0. The summed E-state index contributed by atoms with van der Waals surface area (Å²) in [4.78, 5) is 25.6. The molecule has 0 saturated carbocycles. The van der Waals surface area contributed by atoms with E-state index < -0.39 is 17.6 Å². The number of hydrogen-bond acceptors (Lipinski definition) is 4. The van der Waals surface area contributed by atoms with Gasteiger partial charge in [0.1, 0.15) is 11.6 Å². The third-order valence-corrected chi connectivity index (χ3v) is 4.84. The number of aromatic nitrogens is 3. The van der Waals surface area contributed by atoms with Gasteiger partial charge >= 0.3 is 6.18 Å². The van der Waals surface area contributed by atoms with Gasteiger partial charge < -0.3 is 4.98 Å². The highest BCUT2D eigenvalue weighted by Gasteiger charge is 2.34. The molecule has 0 amide bonds. The van der Waals surface area contributed by atoms with E-state index in [1.54, 1.807) is 24.5 Å². The Kier molecular flexibility index (Phi) is 4.91. The van der Waals surface area contributed by atoms with E-state index in [1.807, 2.05) is 4.90 Å². The highest BCUT2D eigenvalue weighted by atomic mass is 19.4. The summed E-state index contributed by atoms with van der Waals surface area (Å²) in [6.07, 6.45) is -1.05. The number of pyridine rings is 1. The summed E-state index contributed by atoms with van der Waals surface area (Å²) in [5, 5.41) is 0. The Morgan fingerprint density at radius 3 is 2.62 bits per heavy atom. The first-order chi connectivity index (χ1) is 13.8. The fraction of sp³-hybridized carbons (Fsp3) is 0.250. The van der Waals surface area contributed by atoms with Gasteiger partial charge in [0.05, 0.1) is 16.8 Å². The second-order valence-electron chi connectivity index (χ2n) is 6.85. The van der Waals surface area contributed by atoms with E-state index in [-0.39, 0.29) is 18.6 Å². The van der Waals surface area contributed by atoms with Crippen LogP contribution in [0.4, 0.5) is 17.6 Å². The van der Waals surface area contributed by atoms with Crippen molar-refractivity contribution in [2.45, 2.75) is 25.7 Å². The van der Waals surface area contributed by atoms with Crippen molar-refractivity contribution in [1.82, 2.24) is 19.9 Å². The molecule has 2 aromatic heterocycles. The number of aromatic amines is 1. The Morgan fingerprint density at radius 1 is 1.14 bits per heavy atom. The lowest BCUT2D eigenvalue weighted by molar-refractivity contribution is -0.140. The quantitative estimate of drug-likeness (QED) is 0.679.